The number of fused-ring (bicyclic) bond motifs is 1. The third kappa shape index (κ3) is 2.14. The summed E-state index contributed by atoms with van der Waals surface area (Å²) >= 11 is 7.57. The number of nitrogens with one attached hydrogen (secondary N) is 1. The van der Waals surface area contributed by atoms with Crippen LogP contribution in [0.5, 0.6) is 0 Å². The van der Waals surface area contributed by atoms with Crippen LogP contribution in [0.2, 0.25) is 0 Å². The van der Waals surface area contributed by atoms with E-state index in [0.29, 0.717) is 12.0 Å². The number of benzene rings is 1. The van der Waals surface area contributed by atoms with Crippen molar-refractivity contribution < 1.29 is 0 Å². The second-order valence-corrected chi connectivity index (χ2v) is 5.71. The van der Waals surface area contributed by atoms with Crippen molar-refractivity contribution in [3.8, 4) is 0 Å². The molecule has 0 bridgehead atoms. The van der Waals surface area contributed by atoms with Gasteiger partial charge < -0.3 is 5.32 Å². The van der Waals surface area contributed by atoms with E-state index in [2.05, 4.69) is 27.9 Å². The quantitative estimate of drug-likeness (QED) is 0.846. The lowest BCUT2D eigenvalue weighted by atomic mass is 10.1. The van der Waals surface area contributed by atoms with Crippen molar-refractivity contribution in [2.24, 2.45) is 5.92 Å². The third-order valence-corrected chi connectivity index (χ3v) is 4.76. The Labute approximate surface area is 110 Å². The molecule has 2 atom stereocenters. The Morgan fingerprint density at radius 2 is 2.24 bits per heavy atom. The van der Waals surface area contributed by atoms with Crippen LogP contribution in [0.3, 0.4) is 0 Å². The molecule has 3 rings (SSSR count). The van der Waals surface area contributed by atoms with E-state index in [1.54, 1.807) is 11.5 Å². The molecule has 0 spiro atoms. The highest BCUT2D eigenvalue weighted by Gasteiger charge is 2.27. The molecule has 1 N–H and O–H groups in total. The van der Waals surface area contributed by atoms with E-state index in [4.69, 9.17) is 11.6 Å². The Morgan fingerprint density at radius 3 is 3.12 bits per heavy atom. The summed E-state index contributed by atoms with van der Waals surface area (Å²) in [5, 5.41) is 6.07. The first-order chi connectivity index (χ1) is 8.38. The van der Waals surface area contributed by atoms with Gasteiger partial charge in [-0.05, 0) is 42.4 Å². The number of nitrogens with zero attached hydrogens (tertiary/aromatic N) is 1. The van der Waals surface area contributed by atoms with Crippen molar-refractivity contribution in [1.29, 1.82) is 0 Å². The van der Waals surface area contributed by atoms with Gasteiger partial charge >= 0.3 is 0 Å². The van der Waals surface area contributed by atoms with Gasteiger partial charge in [0.15, 0.2) is 0 Å². The molecule has 1 aromatic carbocycles. The zero-order chi connectivity index (χ0) is 11.7. The van der Waals surface area contributed by atoms with Crippen molar-refractivity contribution >= 4 is 39.0 Å². The number of hydrogen-bond donors (Lipinski definition) is 1. The molecular formula is C13H15ClN2S. The van der Waals surface area contributed by atoms with Gasteiger partial charge in [0.1, 0.15) is 5.00 Å². The Bertz CT molecular complexity index is 511. The van der Waals surface area contributed by atoms with Crippen LogP contribution in [-0.4, -0.2) is 16.3 Å². The smallest absolute Gasteiger partial charge is 0.117 e. The molecule has 2 unspecified atom stereocenters. The van der Waals surface area contributed by atoms with Crippen LogP contribution in [0, 0.1) is 5.92 Å². The average Bonchev–Trinajstić information content (AvgIpc) is 2.97. The molecule has 17 heavy (non-hydrogen) atoms. The predicted molar refractivity (Wildman–Crippen MR) is 75.1 cm³/mol. The van der Waals surface area contributed by atoms with Crippen molar-refractivity contribution in [1.82, 2.24) is 4.37 Å². The second-order valence-electron chi connectivity index (χ2n) is 4.62. The molecule has 1 heterocycles. The topological polar surface area (TPSA) is 24.9 Å². The molecule has 1 aliphatic rings. The largest absolute Gasteiger partial charge is 0.372 e. The fourth-order valence-corrected chi connectivity index (χ4v) is 3.77. The van der Waals surface area contributed by atoms with Gasteiger partial charge in [0.2, 0.25) is 0 Å². The summed E-state index contributed by atoms with van der Waals surface area (Å²) < 4.78 is 4.46. The lowest BCUT2D eigenvalue weighted by Gasteiger charge is -2.18. The summed E-state index contributed by atoms with van der Waals surface area (Å²) in [6.07, 6.45) is 3.76. The van der Waals surface area contributed by atoms with E-state index in [-0.39, 0.29) is 0 Å². The molecule has 0 amide bonds. The number of hydrogen-bond acceptors (Lipinski definition) is 3. The first-order valence-corrected chi connectivity index (χ1v) is 7.36. The van der Waals surface area contributed by atoms with E-state index in [1.807, 2.05) is 6.07 Å². The summed E-state index contributed by atoms with van der Waals surface area (Å²) in [6, 6.07) is 8.81. The predicted octanol–water partition coefficient (Wildman–Crippen LogP) is 4.12. The number of anilines is 1. The third-order valence-electron chi connectivity index (χ3n) is 3.56. The first kappa shape index (κ1) is 11.3. The molecular weight excluding hydrogens is 252 g/mol. The molecule has 1 fully saturated rings. The number of alkyl halides is 1. The monoisotopic (exact) mass is 266 g/mol. The maximum Gasteiger partial charge on any atom is 0.117 e. The van der Waals surface area contributed by atoms with Gasteiger partial charge in [-0.25, -0.2) is 0 Å². The molecule has 1 aromatic heterocycles. The van der Waals surface area contributed by atoms with Crippen molar-refractivity contribution in [2.45, 2.75) is 25.3 Å². The van der Waals surface area contributed by atoms with Gasteiger partial charge in [0.25, 0.3) is 0 Å². The molecule has 2 aromatic rings. The van der Waals surface area contributed by atoms with Crippen LogP contribution in [0.25, 0.3) is 10.9 Å². The van der Waals surface area contributed by atoms with Gasteiger partial charge in [0, 0.05) is 17.3 Å². The molecule has 2 nitrogen and oxygen atoms in total. The van der Waals surface area contributed by atoms with E-state index in [1.165, 1.54) is 29.6 Å². The fourth-order valence-electron chi connectivity index (χ4n) is 2.57. The Balaban J connectivity index is 1.85. The van der Waals surface area contributed by atoms with Gasteiger partial charge in [-0.15, -0.1) is 11.6 Å². The highest BCUT2D eigenvalue weighted by Crippen LogP contribution is 2.34. The lowest BCUT2D eigenvalue weighted by molar-refractivity contribution is 0.564. The van der Waals surface area contributed by atoms with Crippen LogP contribution in [-0.2, 0) is 0 Å². The van der Waals surface area contributed by atoms with Crippen LogP contribution in [0.15, 0.2) is 24.3 Å². The van der Waals surface area contributed by atoms with Gasteiger partial charge in [-0.1, -0.05) is 18.6 Å². The molecule has 4 heteroatoms. The lowest BCUT2D eigenvalue weighted by Crippen LogP contribution is -2.24. The van der Waals surface area contributed by atoms with E-state index in [0.717, 1.165) is 11.4 Å². The molecule has 0 aliphatic heterocycles. The maximum absolute atomic E-state index is 6.01. The standard InChI is InChI=1S/C13H15ClN2S/c14-8-9-4-3-7-11(9)15-13-10-5-1-2-6-12(10)16-17-13/h1-2,5-6,9,11,15H,3-4,7-8H2. The number of rotatable bonds is 3. The SMILES string of the molecule is ClCC1CCCC1Nc1snc2ccccc12. The highest BCUT2D eigenvalue weighted by atomic mass is 35.5. The maximum atomic E-state index is 6.01. The van der Waals surface area contributed by atoms with Crippen LogP contribution < -0.4 is 5.32 Å². The minimum Gasteiger partial charge on any atom is -0.372 e. The zero-order valence-electron chi connectivity index (χ0n) is 9.53. The summed E-state index contributed by atoms with van der Waals surface area (Å²) in [4.78, 5) is 0. The Kier molecular flexibility index (Phi) is 3.21. The van der Waals surface area contributed by atoms with Crippen molar-refractivity contribution in [3.63, 3.8) is 0 Å². The second kappa shape index (κ2) is 4.83. The number of halogens is 1. The van der Waals surface area contributed by atoms with Crippen molar-refractivity contribution in [3.05, 3.63) is 24.3 Å². The molecule has 0 saturated heterocycles. The molecule has 90 valence electrons. The van der Waals surface area contributed by atoms with E-state index >= 15 is 0 Å². The summed E-state index contributed by atoms with van der Waals surface area (Å²) in [6.45, 7) is 0. The minimum atomic E-state index is 0.524. The van der Waals surface area contributed by atoms with Gasteiger partial charge in [0.05, 0.1) is 5.52 Å². The number of aromatic nitrogens is 1. The van der Waals surface area contributed by atoms with E-state index < -0.39 is 0 Å². The van der Waals surface area contributed by atoms with Gasteiger partial charge in [-0.3, -0.25) is 0 Å². The first-order valence-electron chi connectivity index (χ1n) is 6.05. The zero-order valence-corrected chi connectivity index (χ0v) is 11.1. The van der Waals surface area contributed by atoms with Crippen LogP contribution >= 0.6 is 23.1 Å². The summed E-state index contributed by atoms with van der Waals surface area (Å²) in [7, 11) is 0. The highest BCUT2D eigenvalue weighted by molar-refractivity contribution is 7.11. The normalized spacial score (nSPS) is 24.3. The Hall–Kier alpha value is -0.800. The molecule has 0 radical (unpaired) electrons. The van der Waals surface area contributed by atoms with Crippen LogP contribution in [0.4, 0.5) is 5.00 Å². The fraction of sp³-hybridized carbons (Fsp3) is 0.462. The average molecular weight is 267 g/mol. The van der Waals surface area contributed by atoms with Crippen molar-refractivity contribution in [2.75, 3.05) is 11.2 Å². The Morgan fingerprint density at radius 1 is 1.35 bits per heavy atom. The van der Waals surface area contributed by atoms with Gasteiger partial charge in [-0.2, -0.15) is 4.37 Å². The van der Waals surface area contributed by atoms with E-state index in [9.17, 15) is 0 Å². The molecule has 1 saturated carbocycles. The summed E-state index contributed by atoms with van der Waals surface area (Å²) in [5.74, 6) is 1.37. The molecule has 1 aliphatic carbocycles. The van der Waals surface area contributed by atoms with Crippen LogP contribution in [0.1, 0.15) is 19.3 Å². The minimum absolute atomic E-state index is 0.524. The summed E-state index contributed by atoms with van der Waals surface area (Å²) in [5.41, 5.74) is 1.08.